The molecule has 4 nitrogen and oxygen atoms in total. The lowest BCUT2D eigenvalue weighted by Gasteiger charge is -2.25. The Hall–Kier alpha value is -1.26. The van der Waals surface area contributed by atoms with Crippen LogP contribution in [0.2, 0.25) is 0 Å². The van der Waals surface area contributed by atoms with Crippen molar-refractivity contribution in [2.24, 2.45) is 0 Å². The van der Waals surface area contributed by atoms with Gasteiger partial charge < -0.3 is 20.5 Å². The van der Waals surface area contributed by atoms with E-state index in [1.54, 1.807) is 13.2 Å². The fraction of sp³-hybridized carbons (Fsp3) is 0.455. The monoisotopic (exact) mass is 208 g/mol. The molecule has 82 valence electrons. The lowest BCUT2D eigenvalue weighted by Crippen LogP contribution is -2.42. The average molecular weight is 208 g/mol. The second kappa shape index (κ2) is 4.51. The summed E-state index contributed by atoms with van der Waals surface area (Å²) in [7, 11) is 1.56. The second-order valence-corrected chi connectivity index (χ2v) is 3.64. The Labute approximate surface area is 89.3 Å². The van der Waals surface area contributed by atoms with E-state index in [0.29, 0.717) is 11.8 Å². The number of rotatable bonds is 2. The highest BCUT2D eigenvalue weighted by atomic mass is 16.5. The van der Waals surface area contributed by atoms with E-state index in [4.69, 9.17) is 4.74 Å². The number of hydrogen-bond donors (Lipinski definition) is 3. The molecule has 0 amide bonds. The summed E-state index contributed by atoms with van der Waals surface area (Å²) in [5.74, 6) is 0.713. The van der Waals surface area contributed by atoms with Crippen molar-refractivity contribution in [2.75, 3.05) is 26.7 Å². The van der Waals surface area contributed by atoms with Crippen molar-refractivity contribution in [1.29, 1.82) is 0 Å². The van der Waals surface area contributed by atoms with Crippen LogP contribution in [0.1, 0.15) is 11.6 Å². The Morgan fingerprint density at radius 1 is 1.40 bits per heavy atom. The molecule has 1 heterocycles. The molecule has 1 aromatic carbocycles. The van der Waals surface area contributed by atoms with Crippen LogP contribution in [0.3, 0.4) is 0 Å². The molecule has 1 aliphatic rings. The van der Waals surface area contributed by atoms with Crippen LogP contribution < -0.4 is 15.4 Å². The molecular weight excluding hydrogens is 192 g/mol. The molecular formula is C11H16N2O2. The van der Waals surface area contributed by atoms with E-state index < -0.39 is 0 Å². The van der Waals surface area contributed by atoms with E-state index in [1.165, 1.54) is 0 Å². The van der Waals surface area contributed by atoms with Crippen LogP contribution >= 0.6 is 0 Å². The number of methoxy groups -OCH3 is 1. The number of phenolic OH excluding ortho intramolecular Hbond substituents is 1. The third-order valence-corrected chi connectivity index (χ3v) is 2.65. The number of benzene rings is 1. The van der Waals surface area contributed by atoms with Gasteiger partial charge in [-0.15, -0.1) is 0 Å². The highest BCUT2D eigenvalue weighted by molar-refractivity contribution is 5.42. The zero-order valence-corrected chi connectivity index (χ0v) is 8.79. The van der Waals surface area contributed by atoms with Crippen molar-refractivity contribution < 1.29 is 9.84 Å². The summed E-state index contributed by atoms with van der Waals surface area (Å²) >= 11 is 0. The Balaban J connectivity index is 2.20. The molecule has 2 rings (SSSR count). The van der Waals surface area contributed by atoms with Crippen molar-refractivity contribution in [3.63, 3.8) is 0 Å². The van der Waals surface area contributed by atoms with Gasteiger partial charge in [0.05, 0.1) is 7.11 Å². The maximum absolute atomic E-state index is 9.47. The van der Waals surface area contributed by atoms with Crippen LogP contribution in [0.15, 0.2) is 18.2 Å². The van der Waals surface area contributed by atoms with E-state index in [-0.39, 0.29) is 5.75 Å². The Morgan fingerprint density at radius 3 is 2.93 bits per heavy atom. The highest BCUT2D eigenvalue weighted by Crippen LogP contribution is 2.28. The molecule has 0 spiro atoms. The lowest BCUT2D eigenvalue weighted by molar-refractivity contribution is 0.370. The molecule has 0 bridgehead atoms. The first-order chi connectivity index (χ1) is 7.31. The van der Waals surface area contributed by atoms with Gasteiger partial charge in [0.2, 0.25) is 0 Å². The van der Waals surface area contributed by atoms with Crippen molar-refractivity contribution in [2.45, 2.75) is 6.04 Å². The minimum absolute atomic E-state index is 0.185. The molecule has 1 atom stereocenters. The van der Waals surface area contributed by atoms with Crippen LogP contribution in [0, 0.1) is 0 Å². The van der Waals surface area contributed by atoms with Gasteiger partial charge >= 0.3 is 0 Å². The van der Waals surface area contributed by atoms with E-state index in [2.05, 4.69) is 10.6 Å². The lowest BCUT2D eigenvalue weighted by atomic mass is 10.0. The first-order valence-electron chi connectivity index (χ1n) is 5.12. The summed E-state index contributed by atoms with van der Waals surface area (Å²) in [5, 5.41) is 16.2. The second-order valence-electron chi connectivity index (χ2n) is 3.64. The number of nitrogens with one attached hydrogen (secondary N) is 2. The topological polar surface area (TPSA) is 53.5 Å². The smallest absolute Gasteiger partial charge is 0.160 e. The summed E-state index contributed by atoms with van der Waals surface area (Å²) in [6.45, 7) is 2.88. The number of piperazine rings is 1. The summed E-state index contributed by atoms with van der Waals surface area (Å²) < 4.78 is 5.08. The molecule has 0 unspecified atom stereocenters. The normalized spacial score (nSPS) is 21.3. The summed E-state index contributed by atoms with van der Waals surface area (Å²) in [6, 6.07) is 5.76. The molecule has 4 heteroatoms. The van der Waals surface area contributed by atoms with Crippen LogP contribution in [-0.2, 0) is 0 Å². The van der Waals surface area contributed by atoms with Crippen LogP contribution in [0.25, 0.3) is 0 Å². The van der Waals surface area contributed by atoms with Gasteiger partial charge in [0.1, 0.15) is 0 Å². The van der Waals surface area contributed by atoms with Gasteiger partial charge in [0.25, 0.3) is 0 Å². The van der Waals surface area contributed by atoms with Crippen molar-refractivity contribution in [3.8, 4) is 11.5 Å². The molecule has 1 aromatic rings. The highest BCUT2D eigenvalue weighted by Gasteiger charge is 2.15. The molecule has 1 aliphatic heterocycles. The summed E-state index contributed by atoms with van der Waals surface area (Å²) in [5.41, 5.74) is 1.14. The first kappa shape index (κ1) is 10.3. The largest absolute Gasteiger partial charge is 0.504 e. The Bertz CT molecular complexity index is 335. The summed E-state index contributed by atoms with van der Waals surface area (Å²) in [4.78, 5) is 0. The van der Waals surface area contributed by atoms with E-state index in [0.717, 1.165) is 25.2 Å². The van der Waals surface area contributed by atoms with Crippen LogP contribution in [0.4, 0.5) is 0 Å². The third-order valence-electron chi connectivity index (χ3n) is 2.65. The SMILES string of the molecule is COc1cc([C@H]2CNCCN2)ccc1O. The minimum Gasteiger partial charge on any atom is -0.504 e. The van der Waals surface area contributed by atoms with E-state index in [1.807, 2.05) is 12.1 Å². The van der Waals surface area contributed by atoms with Gasteiger partial charge in [0.15, 0.2) is 11.5 Å². The average Bonchev–Trinajstić information content (AvgIpc) is 2.31. The maximum Gasteiger partial charge on any atom is 0.160 e. The zero-order chi connectivity index (χ0) is 10.7. The summed E-state index contributed by atoms with van der Waals surface area (Å²) in [6.07, 6.45) is 0. The van der Waals surface area contributed by atoms with Gasteiger partial charge in [-0.25, -0.2) is 0 Å². The number of aromatic hydroxyl groups is 1. The third kappa shape index (κ3) is 2.22. The van der Waals surface area contributed by atoms with Crippen LogP contribution in [-0.4, -0.2) is 31.9 Å². The molecule has 0 aliphatic carbocycles. The molecule has 1 fully saturated rings. The number of hydrogen-bond acceptors (Lipinski definition) is 4. The van der Waals surface area contributed by atoms with Crippen molar-refractivity contribution >= 4 is 0 Å². The van der Waals surface area contributed by atoms with Gasteiger partial charge in [0, 0.05) is 25.7 Å². The predicted octanol–water partition coefficient (Wildman–Crippen LogP) is 0.635. The molecule has 3 N–H and O–H groups in total. The maximum atomic E-state index is 9.47. The molecule has 1 saturated heterocycles. The fourth-order valence-corrected chi connectivity index (χ4v) is 1.80. The first-order valence-corrected chi connectivity index (χ1v) is 5.12. The number of ether oxygens (including phenoxy) is 1. The van der Waals surface area contributed by atoms with Gasteiger partial charge in [-0.2, -0.15) is 0 Å². The molecule has 0 radical (unpaired) electrons. The quantitative estimate of drug-likeness (QED) is 0.667. The predicted molar refractivity (Wildman–Crippen MR) is 58.3 cm³/mol. The van der Waals surface area contributed by atoms with Gasteiger partial charge in [-0.1, -0.05) is 6.07 Å². The van der Waals surface area contributed by atoms with Gasteiger partial charge in [-0.3, -0.25) is 0 Å². The van der Waals surface area contributed by atoms with Crippen molar-refractivity contribution in [3.05, 3.63) is 23.8 Å². The van der Waals surface area contributed by atoms with E-state index >= 15 is 0 Å². The Kier molecular flexibility index (Phi) is 3.08. The molecule has 0 aromatic heterocycles. The standard InChI is InChI=1S/C11H16N2O2/c1-15-11-6-8(2-3-10(11)14)9-7-12-4-5-13-9/h2-3,6,9,12-14H,4-5,7H2,1H3/t9-/m1/s1. The molecule has 15 heavy (non-hydrogen) atoms. The zero-order valence-electron chi connectivity index (χ0n) is 8.79. The number of phenols is 1. The van der Waals surface area contributed by atoms with Crippen molar-refractivity contribution in [1.82, 2.24) is 10.6 Å². The Morgan fingerprint density at radius 2 is 2.27 bits per heavy atom. The fourth-order valence-electron chi connectivity index (χ4n) is 1.80. The van der Waals surface area contributed by atoms with Gasteiger partial charge in [-0.05, 0) is 17.7 Å². The van der Waals surface area contributed by atoms with Crippen LogP contribution in [0.5, 0.6) is 11.5 Å². The van der Waals surface area contributed by atoms with E-state index in [9.17, 15) is 5.11 Å². The minimum atomic E-state index is 0.185. The molecule has 0 saturated carbocycles.